The first kappa shape index (κ1) is 14.7. The van der Waals surface area contributed by atoms with Crippen molar-refractivity contribution in [2.24, 2.45) is 0 Å². The van der Waals surface area contributed by atoms with Crippen LogP contribution in [0.4, 0.5) is 0 Å². The van der Waals surface area contributed by atoms with Gasteiger partial charge in [0.15, 0.2) is 6.04 Å². The van der Waals surface area contributed by atoms with E-state index in [9.17, 15) is 9.59 Å². The molecule has 0 aliphatic carbocycles. The predicted octanol–water partition coefficient (Wildman–Crippen LogP) is 1.22. The minimum absolute atomic E-state index is 0.109. The lowest BCUT2D eigenvalue weighted by Crippen LogP contribution is -2.24. The Morgan fingerprint density at radius 3 is 2.62 bits per heavy atom. The minimum Gasteiger partial charge on any atom is -0.464 e. The molecular weight excluding hydrogens is 274 g/mol. The van der Waals surface area contributed by atoms with Crippen molar-refractivity contribution in [2.45, 2.75) is 13.0 Å². The summed E-state index contributed by atoms with van der Waals surface area (Å²) in [6.07, 6.45) is 1.31. The molecule has 1 aromatic carbocycles. The van der Waals surface area contributed by atoms with E-state index in [2.05, 4.69) is 14.8 Å². The van der Waals surface area contributed by atoms with Crippen molar-refractivity contribution in [3.05, 3.63) is 48.0 Å². The van der Waals surface area contributed by atoms with Gasteiger partial charge in [0.25, 0.3) is 5.82 Å². The molecule has 0 spiro atoms. The van der Waals surface area contributed by atoms with Crippen LogP contribution in [0.2, 0.25) is 0 Å². The predicted molar refractivity (Wildman–Crippen MR) is 72.6 cm³/mol. The highest BCUT2D eigenvalue weighted by atomic mass is 16.5. The fourth-order valence-electron chi connectivity index (χ4n) is 1.84. The van der Waals surface area contributed by atoms with Crippen LogP contribution in [0, 0.1) is 0 Å². The smallest absolute Gasteiger partial charge is 0.377 e. The highest BCUT2D eigenvalue weighted by Crippen LogP contribution is 2.19. The van der Waals surface area contributed by atoms with Crippen LogP contribution in [0.5, 0.6) is 0 Å². The summed E-state index contributed by atoms with van der Waals surface area (Å²) in [6, 6.07) is 8.21. The number of benzene rings is 1. The van der Waals surface area contributed by atoms with Crippen LogP contribution in [0.1, 0.15) is 29.1 Å². The molecule has 0 saturated carbocycles. The van der Waals surface area contributed by atoms with Crippen molar-refractivity contribution in [3.8, 4) is 0 Å². The Labute approximate surface area is 121 Å². The lowest BCUT2D eigenvalue weighted by Gasteiger charge is -2.15. The Bertz CT molecular complexity index is 624. The zero-order chi connectivity index (χ0) is 15.2. The molecule has 1 aromatic heterocycles. The lowest BCUT2D eigenvalue weighted by atomic mass is 10.1. The molecule has 7 heteroatoms. The largest absolute Gasteiger partial charge is 0.464 e. The second-order valence-corrected chi connectivity index (χ2v) is 4.11. The Balaban J connectivity index is 2.38. The Hall–Kier alpha value is -2.70. The Kier molecular flexibility index (Phi) is 4.65. The molecule has 1 unspecified atom stereocenters. The van der Waals surface area contributed by atoms with E-state index in [1.165, 1.54) is 18.1 Å². The maximum Gasteiger partial charge on any atom is 0.377 e. The second-order valence-electron chi connectivity index (χ2n) is 4.11. The van der Waals surface area contributed by atoms with Crippen molar-refractivity contribution < 1.29 is 19.1 Å². The summed E-state index contributed by atoms with van der Waals surface area (Å²) in [5, 5.41) is 3.99. The number of methoxy groups -OCH3 is 1. The van der Waals surface area contributed by atoms with Gasteiger partial charge >= 0.3 is 11.9 Å². The van der Waals surface area contributed by atoms with Gasteiger partial charge in [-0.05, 0) is 12.5 Å². The quantitative estimate of drug-likeness (QED) is 0.769. The number of aromatic nitrogens is 3. The number of carbonyl (C=O) groups excluding carboxylic acids is 2. The first-order valence-electron chi connectivity index (χ1n) is 6.38. The topological polar surface area (TPSA) is 83.3 Å². The van der Waals surface area contributed by atoms with Gasteiger partial charge in [0.1, 0.15) is 6.33 Å². The summed E-state index contributed by atoms with van der Waals surface area (Å²) in [6.45, 7) is 1.97. The van der Waals surface area contributed by atoms with E-state index in [-0.39, 0.29) is 12.4 Å². The molecule has 110 valence electrons. The fourth-order valence-corrected chi connectivity index (χ4v) is 1.84. The average Bonchev–Trinajstić information content (AvgIpc) is 2.97. The molecule has 0 fully saturated rings. The molecule has 7 nitrogen and oxygen atoms in total. The normalized spacial score (nSPS) is 11.7. The fraction of sp³-hybridized carbons (Fsp3) is 0.286. The van der Waals surface area contributed by atoms with E-state index in [0.29, 0.717) is 5.56 Å². The van der Waals surface area contributed by atoms with Crippen LogP contribution in [-0.4, -0.2) is 40.4 Å². The van der Waals surface area contributed by atoms with Gasteiger partial charge in [-0.3, -0.25) is 0 Å². The summed E-state index contributed by atoms with van der Waals surface area (Å²) < 4.78 is 10.9. The van der Waals surface area contributed by atoms with Gasteiger partial charge in [-0.15, -0.1) is 5.10 Å². The number of esters is 2. The van der Waals surface area contributed by atoms with Gasteiger partial charge in [0.05, 0.1) is 13.7 Å². The molecule has 2 aromatic rings. The summed E-state index contributed by atoms with van der Waals surface area (Å²) in [7, 11) is 1.24. The van der Waals surface area contributed by atoms with E-state index in [0.717, 1.165) is 0 Å². The Morgan fingerprint density at radius 1 is 1.29 bits per heavy atom. The third-order valence-electron chi connectivity index (χ3n) is 2.77. The summed E-state index contributed by atoms with van der Waals surface area (Å²) in [5.74, 6) is -1.24. The van der Waals surface area contributed by atoms with E-state index < -0.39 is 18.0 Å². The van der Waals surface area contributed by atoms with Gasteiger partial charge in [-0.2, -0.15) is 0 Å². The third kappa shape index (κ3) is 3.25. The van der Waals surface area contributed by atoms with E-state index in [1.54, 1.807) is 31.2 Å². The van der Waals surface area contributed by atoms with Crippen LogP contribution in [0.15, 0.2) is 36.7 Å². The average molecular weight is 289 g/mol. The molecule has 0 N–H and O–H groups in total. The number of hydrogen-bond donors (Lipinski definition) is 0. The Morgan fingerprint density at radius 2 is 2.00 bits per heavy atom. The van der Waals surface area contributed by atoms with E-state index in [4.69, 9.17) is 4.74 Å². The lowest BCUT2D eigenvalue weighted by molar-refractivity contribution is -0.146. The number of hydrogen-bond acceptors (Lipinski definition) is 6. The summed E-state index contributed by atoms with van der Waals surface area (Å²) in [4.78, 5) is 27.4. The molecule has 0 radical (unpaired) electrons. The molecule has 1 heterocycles. The maximum absolute atomic E-state index is 12.2. The van der Waals surface area contributed by atoms with Crippen molar-refractivity contribution >= 4 is 11.9 Å². The van der Waals surface area contributed by atoms with Gasteiger partial charge in [-0.1, -0.05) is 30.3 Å². The highest BCUT2D eigenvalue weighted by molar-refractivity contribution is 5.85. The monoisotopic (exact) mass is 289 g/mol. The molecule has 0 aliphatic rings. The number of nitrogens with zero attached hydrogens (tertiary/aromatic N) is 3. The molecule has 0 amide bonds. The van der Waals surface area contributed by atoms with Crippen LogP contribution in [-0.2, 0) is 14.3 Å². The van der Waals surface area contributed by atoms with Crippen LogP contribution in [0.25, 0.3) is 0 Å². The standard InChI is InChI=1S/C14H15N3O4/c1-3-21-13(18)11(10-7-5-4-6-8-10)17-9-15-12(16-17)14(19)20-2/h4-9,11H,3H2,1-2H3. The van der Waals surface area contributed by atoms with Crippen molar-refractivity contribution in [2.75, 3.05) is 13.7 Å². The molecule has 2 rings (SSSR count). The second kappa shape index (κ2) is 6.65. The number of rotatable bonds is 5. The van der Waals surface area contributed by atoms with Gasteiger partial charge in [-0.25, -0.2) is 19.3 Å². The van der Waals surface area contributed by atoms with Crippen LogP contribution in [0.3, 0.4) is 0 Å². The molecule has 21 heavy (non-hydrogen) atoms. The minimum atomic E-state index is -0.794. The first-order valence-corrected chi connectivity index (χ1v) is 6.38. The van der Waals surface area contributed by atoms with Gasteiger partial charge in [0, 0.05) is 0 Å². The zero-order valence-electron chi connectivity index (χ0n) is 11.7. The maximum atomic E-state index is 12.2. The van der Waals surface area contributed by atoms with Crippen molar-refractivity contribution in [1.82, 2.24) is 14.8 Å². The van der Waals surface area contributed by atoms with E-state index >= 15 is 0 Å². The number of carbonyl (C=O) groups is 2. The molecule has 0 saturated heterocycles. The zero-order valence-corrected chi connectivity index (χ0v) is 11.7. The third-order valence-corrected chi connectivity index (χ3v) is 2.77. The van der Waals surface area contributed by atoms with Crippen molar-refractivity contribution in [1.29, 1.82) is 0 Å². The van der Waals surface area contributed by atoms with Crippen molar-refractivity contribution in [3.63, 3.8) is 0 Å². The van der Waals surface area contributed by atoms with Gasteiger partial charge < -0.3 is 9.47 Å². The van der Waals surface area contributed by atoms with Gasteiger partial charge in [0.2, 0.25) is 0 Å². The molecule has 0 bridgehead atoms. The number of ether oxygens (including phenoxy) is 2. The molecular formula is C14H15N3O4. The molecule has 0 aliphatic heterocycles. The summed E-state index contributed by atoms with van der Waals surface area (Å²) in [5.41, 5.74) is 0.692. The highest BCUT2D eigenvalue weighted by Gasteiger charge is 2.26. The van der Waals surface area contributed by atoms with Crippen LogP contribution < -0.4 is 0 Å². The first-order chi connectivity index (χ1) is 10.2. The summed E-state index contributed by atoms with van der Waals surface area (Å²) >= 11 is 0. The SMILES string of the molecule is CCOC(=O)C(c1ccccc1)n1cnc(C(=O)OC)n1. The molecule has 1 atom stereocenters. The van der Waals surface area contributed by atoms with Crippen LogP contribution >= 0.6 is 0 Å². The van der Waals surface area contributed by atoms with E-state index in [1.807, 2.05) is 6.07 Å².